The zero-order valence-corrected chi connectivity index (χ0v) is 17.3. The molecule has 0 radical (unpaired) electrons. The van der Waals surface area contributed by atoms with Gasteiger partial charge in [-0.1, -0.05) is 30.3 Å². The lowest BCUT2D eigenvalue weighted by molar-refractivity contribution is -0.124. The zero-order chi connectivity index (χ0) is 21.5. The highest BCUT2D eigenvalue weighted by Gasteiger charge is 2.35. The van der Waals surface area contributed by atoms with Crippen molar-refractivity contribution in [2.24, 2.45) is 0 Å². The van der Waals surface area contributed by atoms with Gasteiger partial charge in [0.2, 0.25) is 5.91 Å². The number of thioether (sulfide) groups is 1. The fourth-order valence-electron chi connectivity index (χ4n) is 2.93. The fraction of sp³-hybridized carbons (Fsp3) is 0.227. The number of imide groups is 1. The van der Waals surface area contributed by atoms with Crippen molar-refractivity contribution >= 4 is 34.9 Å². The molecule has 1 aliphatic rings. The maximum absolute atomic E-state index is 12.6. The normalized spacial score (nSPS) is 15.0. The number of hydrogen-bond donors (Lipinski definition) is 2. The molecule has 0 spiro atoms. The second-order valence-corrected chi connectivity index (χ2v) is 7.58. The van der Waals surface area contributed by atoms with Crippen LogP contribution in [0.15, 0.2) is 53.4 Å². The number of methoxy groups -OCH3 is 1. The van der Waals surface area contributed by atoms with Gasteiger partial charge in [-0.15, -0.1) is 0 Å². The first-order valence-electron chi connectivity index (χ1n) is 9.41. The Bertz CT molecular complexity index is 972. The standard InChI is InChI=1S/C22H22N2O5S/c1-29-18-5-3-2-4-16(18)14-19-21(27)24(22(28)30-19)13-11-20(26)23-12-10-15-6-8-17(25)9-7-15/h2-9,14,25H,10-13H2,1H3,(H,23,26)/b19-14-. The van der Waals surface area contributed by atoms with Gasteiger partial charge >= 0.3 is 0 Å². The summed E-state index contributed by atoms with van der Waals surface area (Å²) in [5.41, 5.74) is 1.69. The van der Waals surface area contributed by atoms with E-state index in [1.54, 1.807) is 49.6 Å². The molecule has 0 aromatic heterocycles. The second kappa shape index (κ2) is 9.98. The monoisotopic (exact) mass is 426 g/mol. The molecule has 0 aliphatic carbocycles. The van der Waals surface area contributed by atoms with Crippen molar-refractivity contribution in [3.8, 4) is 11.5 Å². The van der Waals surface area contributed by atoms with Crippen LogP contribution in [0.25, 0.3) is 6.08 Å². The Morgan fingerprint density at radius 3 is 2.63 bits per heavy atom. The highest BCUT2D eigenvalue weighted by atomic mass is 32.2. The summed E-state index contributed by atoms with van der Waals surface area (Å²) >= 11 is 0.855. The summed E-state index contributed by atoms with van der Waals surface area (Å²) in [6.45, 7) is 0.457. The molecule has 1 saturated heterocycles. The lowest BCUT2D eigenvalue weighted by Crippen LogP contribution is -2.34. The molecular weight excluding hydrogens is 404 g/mol. The molecular formula is C22H22N2O5S. The Balaban J connectivity index is 1.51. The Hall–Kier alpha value is -3.26. The SMILES string of the molecule is COc1ccccc1/C=C1\SC(=O)N(CCC(=O)NCCc2ccc(O)cc2)C1=O. The topological polar surface area (TPSA) is 95.9 Å². The Labute approximate surface area is 178 Å². The number of ether oxygens (including phenoxy) is 1. The van der Waals surface area contributed by atoms with Gasteiger partial charge in [0.15, 0.2) is 0 Å². The smallest absolute Gasteiger partial charge is 0.293 e. The van der Waals surface area contributed by atoms with Gasteiger partial charge in [-0.05, 0) is 48.0 Å². The van der Waals surface area contributed by atoms with Crippen molar-refractivity contribution < 1.29 is 24.2 Å². The van der Waals surface area contributed by atoms with Gasteiger partial charge in [0.05, 0.1) is 12.0 Å². The molecule has 2 N–H and O–H groups in total. The van der Waals surface area contributed by atoms with Gasteiger partial charge in [-0.3, -0.25) is 19.3 Å². The van der Waals surface area contributed by atoms with E-state index in [1.807, 2.05) is 12.1 Å². The van der Waals surface area contributed by atoms with Gasteiger partial charge < -0.3 is 15.2 Å². The van der Waals surface area contributed by atoms with Crippen LogP contribution in [-0.2, 0) is 16.0 Å². The molecule has 0 atom stereocenters. The number of benzene rings is 2. The van der Waals surface area contributed by atoms with Crippen LogP contribution >= 0.6 is 11.8 Å². The number of aromatic hydroxyl groups is 1. The van der Waals surface area contributed by atoms with Crippen LogP contribution in [-0.4, -0.2) is 47.3 Å². The Morgan fingerprint density at radius 1 is 1.17 bits per heavy atom. The van der Waals surface area contributed by atoms with Crippen molar-refractivity contribution in [3.63, 3.8) is 0 Å². The largest absolute Gasteiger partial charge is 0.508 e. The van der Waals surface area contributed by atoms with Gasteiger partial charge in [-0.2, -0.15) is 0 Å². The molecule has 0 bridgehead atoms. The van der Waals surface area contributed by atoms with E-state index in [9.17, 15) is 19.5 Å². The van der Waals surface area contributed by atoms with E-state index in [0.717, 1.165) is 22.2 Å². The van der Waals surface area contributed by atoms with Crippen molar-refractivity contribution in [3.05, 3.63) is 64.6 Å². The minimum absolute atomic E-state index is 0.0268. The third-order valence-corrected chi connectivity index (χ3v) is 5.44. The van der Waals surface area contributed by atoms with Crippen LogP contribution in [0.3, 0.4) is 0 Å². The first kappa shape index (κ1) is 21.4. The number of amides is 3. The fourth-order valence-corrected chi connectivity index (χ4v) is 3.79. The van der Waals surface area contributed by atoms with Crippen LogP contribution in [0.4, 0.5) is 4.79 Å². The van der Waals surface area contributed by atoms with Crippen LogP contribution in [0.5, 0.6) is 11.5 Å². The molecule has 8 heteroatoms. The summed E-state index contributed by atoms with van der Waals surface area (Å²) in [5, 5.41) is 11.7. The number of para-hydroxylation sites is 1. The maximum atomic E-state index is 12.6. The molecule has 156 valence electrons. The Morgan fingerprint density at radius 2 is 1.90 bits per heavy atom. The number of rotatable bonds is 8. The maximum Gasteiger partial charge on any atom is 0.293 e. The molecule has 3 rings (SSSR count). The van der Waals surface area contributed by atoms with Crippen LogP contribution in [0.2, 0.25) is 0 Å². The Kier molecular flexibility index (Phi) is 7.13. The summed E-state index contributed by atoms with van der Waals surface area (Å²) in [6.07, 6.45) is 2.28. The van der Waals surface area contributed by atoms with E-state index in [4.69, 9.17) is 4.74 Å². The van der Waals surface area contributed by atoms with E-state index in [-0.39, 0.29) is 24.6 Å². The quantitative estimate of drug-likeness (QED) is 0.630. The molecule has 1 aliphatic heterocycles. The number of hydrogen-bond acceptors (Lipinski definition) is 6. The predicted octanol–water partition coefficient (Wildman–Crippen LogP) is 3.19. The van der Waals surface area contributed by atoms with Crippen LogP contribution in [0.1, 0.15) is 17.5 Å². The molecule has 7 nitrogen and oxygen atoms in total. The first-order chi connectivity index (χ1) is 14.5. The summed E-state index contributed by atoms with van der Waals surface area (Å²) in [5.74, 6) is 0.159. The molecule has 1 fully saturated rings. The van der Waals surface area contributed by atoms with Crippen molar-refractivity contribution in [1.82, 2.24) is 10.2 Å². The van der Waals surface area contributed by atoms with E-state index in [0.29, 0.717) is 29.2 Å². The lowest BCUT2D eigenvalue weighted by atomic mass is 10.1. The van der Waals surface area contributed by atoms with E-state index in [1.165, 1.54) is 0 Å². The predicted molar refractivity (Wildman–Crippen MR) is 115 cm³/mol. The summed E-state index contributed by atoms with van der Waals surface area (Å²) in [6, 6.07) is 14.0. The van der Waals surface area contributed by atoms with Crippen LogP contribution in [0, 0.1) is 0 Å². The first-order valence-corrected chi connectivity index (χ1v) is 10.2. The van der Waals surface area contributed by atoms with Crippen molar-refractivity contribution in [2.75, 3.05) is 20.2 Å². The number of phenols is 1. The van der Waals surface area contributed by atoms with Gasteiger partial charge in [0.25, 0.3) is 11.1 Å². The minimum Gasteiger partial charge on any atom is -0.508 e. The highest BCUT2D eigenvalue weighted by molar-refractivity contribution is 8.18. The van der Waals surface area contributed by atoms with Crippen LogP contribution < -0.4 is 10.1 Å². The number of phenolic OH excluding ortho intramolecular Hbond substituents is 1. The van der Waals surface area contributed by atoms with E-state index >= 15 is 0 Å². The van der Waals surface area contributed by atoms with Gasteiger partial charge in [0, 0.05) is 25.1 Å². The molecule has 1 heterocycles. The third-order valence-electron chi connectivity index (χ3n) is 4.53. The summed E-state index contributed by atoms with van der Waals surface area (Å²) < 4.78 is 5.27. The van der Waals surface area contributed by atoms with Crippen molar-refractivity contribution in [1.29, 1.82) is 0 Å². The van der Waals surface area contributed by atoms with E-state index in [2.05, 4.69) is 5.32 Å². The number of nitrogens with zero attached hydrogens (tertiary/aromatic N) is 1. The zero-order valence-electron chi connectivity index (χ0n) is 16.5. The molecule has 30 heavy (non-hydrogen) atoms. The average Bonchev–Trinajstić information content (AvgIpc) is 3.01. The van der Waals surface area contributed by atoms with E-state index < -0.39 is 11.1 Å². The van der Waals surface area contributed by atoms with Crippen molar-refractivity contribution in [2.45, 2.75) is 12.8 Å². The third kappa shape index (κ3) is 5.42. The summed E-state index contributed by atoms with van der Waals surface area (Å²) in [4.78, 5) is 38.3. The lowest BCUT2D eigenvalue weighted by Gasteiger charge is -2.12. The molecule has 3 amide bonds. The van der Waals surface area contributed by atoms with Gasteiger partial charge in [0.1, 0.15) is 11.5 Å². The van der Waals surface area contributed by atoms with Gasteiger partial charge in [-0.25, -0.2) is 0 Å². The molecule has 0 saturated carbocycles. The second-order valence-electron chi connectivity index (χ2n) is 6.59. The number of carbonyl (C=O) groups is 3. The highest BCUT2D eigenvalue weighted by Crippen LogP contribution is 2.33. The molecule has 0 unspecified atom stereocenters. The minimum atomic E-state index is -0.409. The molecule has 2 aromatic rings. The number of nitrogens with one attached hydrogen (secondary N) is 1. The molecule has 2 aromatic carbocycles. The summed E-state index contributed by atoms with van der Waals surface area (Å²) in [7, 11) is 1.54. The number of carbonyl (C=O) groups excluding carboxylic acids is 3. The average molecular weight is 426 g/mol.